The van der Waals surface area contributed by atoms with Crippen molar-refractivity contribution in [3.8, 4) is 6.07 Å². The van der Waals surface area contributed by atoms with E-state index in [2.05, 4.69) is 16.8 Å². The molecule has 3 rings (SSSR count). The van der Waals surface area contributed by atoms with Crippen LogP contribution in [0.15, 0.2) is 59.5 Å². The van der Waals surface area contributed by atoms with Gasteiger partial charge in [0.25, 0.3) is 5.91 Å². The number of benzene rings is 1. The lowest BCUT2D eigenvalue weighted by molar-refractivity contribution is -0.144. The van der Waals surface area contributed by atoms with Crippen LogP contribution in [0.1, 0.15) is 46.8 Å². The summed E-state index contributed by atoms with van der Waals surface area (Å²) in [5, 5.41) is 14.4. The second kappa shape index (κ2) is 11.3. The molecule has 1 amide bonds. The molecule has 0 bridgehead atoms. The quantitative estimate of drug-likeness (QED) is 0.278. The second-order valence-electron chi connectivity index (χ2n) is 7.65. The number of carbonyl (C=O) groups is 2. The molecule has 0 fully saturated rings. The third kappa shape index (κ3) is 5.99. The molecule has 33 heavy (non-hydrogen) atoms. The van der Waals surface area contributed by atoms with Gasteiger partial charge < -0.3 is 14.6 Å². The molecule has 1 atom stereocenters. The predicted molar refractivity (Wildman–Crippen MR) is 129 cm³/mol. The van der Waals surface area contributed by atoms with E-state index in [9.17, 15) is 14.9 Å². The van der Waals surface area contributed by atoms with Crippen molar-refractivity contribution >= 4 is 29.3 Å². The summed E-state index contributed by atoms with van der Waals surface area (Å²) in [5.41, 5.74) is 3.62. The normalized spacial score (nSPS) is 12.1. The summed E-state index contributed by atoms with van der Waals surface area (Å²) in [7, 11) is 0. The summed E-state index contributed by atoms with van der Waals surface area (Å²) in [5.74, 6) is -1.26. The standard InChI is InChI=1S/C26H27N3O3S/c1-4-12-29-18(2)14-21(19(29)3)15-22(16-27)26(31)32-17-24(30)28-25(23-11-8-13-33-23)20-9-6-5-7-10-20/h5-11,13-15,25H,4,12,17H2,1-3H3,(H,28,30)/b22-15+. The van der Waals surface area contributed by atoms with Crippen LogP contribution in [-0.2, 0) is 20.9 Å². The number of aromatic nitrogens is 1. The third-order valence-electron chi connectivity index (χ3n) is 5.30. The lowest BCUT2D eigenvalue weighted by Crippen LogP contribution is -2.32. The summed E-state index contributed by atoms with van der Waals surface area (Å²) < 4.78 is 7.31. The first-order valence-electron chi connectivity index (χ1n) is 10.8. The Hall–Kier alpha value is -3.63. The summed E-state index contributed by atoms with van der Waals surface area (Å²) in [4.78, 5) is 26.1. The number of nitrogens with zero attached hydrogens (tertiary/aromatic N) is 2. The van der Waals surface area contributed by atoms with Crippen LogP contribution < -0.4 is 5.32 Å². The Bertz CT molecular complexity index is 1170. The van der Waals surface area contributed by atoms with Crippen LogP contribution >= 0.6 is 11.3 Å². The number of carbonyl (C=O) groups excluding carboxylic acids is 2. The predicted octanol–water partition coefficient (Wildman–Crippen LogP) is 4.93. The molecule has 1 aromatic carbocycles. The first-order chi connectivity index (χ1) is 15.9. The number of esters is 1. The first kappa shape index (κ1) is 24.0. The van der Waals surface area contributed by atoms with Gasteiger partial charge in [-0.3, -0.25) is 4.79 Å². The zero-order chi connectivity index (χ0) is 23.8. The minimum absolute atomic E-state index is 0.141. The van der Waals surface area contributed by atoms with Gasteiger partial charge in [0.05, 0.1) is 6.04 Å². The fraction of sp³-hybridized carbons (Fsp3) is 0.269. The molecule has 1 unspecified atom stereocenters. The van der Waals surface area contributed by atoms with Gasteiger partial charge in [0.2, 0.25) is 0 Å². The van der Waals surface area contributed by atoms with Gasteiger partial charge in [0, 0.05) is 22.8 Å². The van der Waals surface area contributed by atoms with Crippen LogP contribution in [0.5, 0.6) is 0 Å². The van der Waals surface area contributed by atoms with E-state index in [-0.39, 0.29) is 11.6 Å². The van der Waals surface area contributed by atoms with E-state index < -0.39 is 18.5 Å². The fourth-order valence-corrected chi connectivity index (χ4v) is 4.47. The molecular weight excluding hydrogens is 434 g/mol. The van der Waals surface area contributed by atoms with Crippen molar-refractivity contribution in [1.82, 2.24) is 9.88 Å². The molecule has 0 aliphatic heterocycles. The molecule has 0 aliphatic carbocycles. The van der Waals surface area contributed by atoms with Crippen LogP contribution in [0, 0.1) is 25.2 Å². The Kier molecular flexibility index (Phi) is 8.22. The Labute approximate surface area is 198 Å². The van der Waals surface area contributed by atoms with Crippen molar-refractivity contribution in [3.63, 3.8) is 0 Å². The minimum Gasteiger partial charge on any atom is -0.451 e. The minimum atomic E-state index is -0.819. The number of hydrogen-bond acceptors (Lipinski definition) is 5. The van der Waals surface area contributed by atoms with Crippen molar-refractivity contribution in [3.05, 3.63) is 86.9 Å². The van der Waals surface area contributed by atoms with Crippen molar-refractivity contribution in [1.29, 1.82) is 5.26 Å². The number of thiophene rings is 1. The topological polar surface area (TPSA) is 84.1 Å². The van der Waals surface area contributed by atoms with Crippen LogP contribution in [-0.4, -0.2) is 23.1 Å². The van der Waals surface area contributed by atoms with E-state index in [4.69, 9.17) is 4.74 Å². The lowest BCUT2D eigenvalue weighted by atomic mass is 10.1. The van der Waals surface area contributed by atoms with Gasteiger partial charge in [0.1, 0.15) is 11.6 Å². The lowest BCUT2D eigenvalue weighted by Gasteiger charge is -2.18. The zero-order valence-corrected chi connectivity index (χ0v) is 19.8. The van der Waals surface area contributed by atoms with Crippen LogP contribution in [0.2, 0.25) is 0 Å². The average molecular weight is 462 g/mol. The molecule has 1 N–H and O–H groups in total. The largest absolute Gasteiger partial charge is 0.451 e. The van der Waals surface area contributed by atoms with Gasteiger partial charge >= 0.3 is 5.97 Å². The van der Waals surface area contributed by atoms with Crippen LogP contribution in [0.3, 0.4) is 0 Å². The maximum atomic E-state index is 12.6. The molecule has 0 saturated heterocycles. The number of aryl methyl sites for hydroxylation is 1. The highest BCUT2D eigenvalue weighted by molar-refractivity contribution is 7.10. The number of amides is 1. The monoisotopic (exact) mass is 461 g/mol. The van der Waals surface area contributed by atoms with E-state index in [1.54, 1.807) is 0 Å². The van der Waals surface area contributed by atoms with Crippen molar-refractivity contribution in [2.24, 2.45) is 0 Å². The first-order valence-corrected chi connectivity index (χ1v) is 11.7. The van der Waals surface area contributed by atoms with Gasteiger partial charge in [0.15, 0.2) is 6.61 Å². The van der Waals surface area contributed by atoms with Crippen LogP contribution in [0.4, 0.5) is 0 Å². The van der Waals surface area contributed by atoms with Gasteiger partial charge in [-0.15, -0.1) is 11.3 Å². The van der Waals surface area contributed by atoms with Gasteiger partial charge in [-0.2, -0.15) is 5.26 Å². The van der Waals surface area contributed by atoms with Crippen LogP contribution in [0.25, 0.3) is 6.08 Å². The molecule has 6 nitrogen and oxygen atoms in total. The number of nitriles is 1. The number of hydrogen-bond donors (Lipinski definition) is 1. The van der Waals surface area contributed by atoms with E-state index in [1.807, 2.05) is 73.8 Å². The third-order valence-corrected chi connectivity index (χ3v) is 6.24. The van der Waals surface area contributed by atoms with Crippen molar-refractivity contribution in [2.75, 3.05) is 6.61 Å². The van der Waals surface area contributed by atoms with Gasteiger partial charge in [-0.1, -0.05) is 43.3 Å². The molecule has 0 spiro atoms. The van der Waals surface area contributed by atoms with Gasteiger partial charge in [-0.25, -0.2) is 4.79 Å². The highest BCUT2D eigenvalue weighted by Crippen LogP contribution is 2.26. The highest BCUT2D eigenvalue weighted by Gasteiger charge is 2.20. The van der Waals surface area contributed by atoms with Gasteiger partial charge in [-0.05, 0) is 55.0 Å². The second-order valence-corrected chi connectivity index (χ2v) is 8.63. The number of nitrogens with one attached hydrogen (secondary N) is 1. The molecule has 2 heterocycles. The Morgan fingerprint density at radius 3 is 2.61 bits per heavy atom. The van der Waals surface area contributed by atoms with E-state index >= 15 is 0 Å². The Balaban J connectivity index is 1.67. The average Bonchev–Trinajstić information content (AvgIpc) is 3.44. The zero-order valence-electron chi connectivity index (χ0n) is 19.0. The molecule has 0 aliphatic rings. The SMILES string of the molecule is CCCn1c(C)cc(/C=C(\C#N)C(=O)OCC(=O)NC(c2ccccc2)c2cccs2)c1C. The summed E-state index contributed by atoms with van der Waals surface area (Å²) in [6.45, 7) is 6.44. The Morgan fingerprint density at radius 1 is 1.21 bits per heavy atom. The molecule has 7 heteroatoms. The van der Waals surface area contributed by atoms with E-state index in [1.165, 1.54) is 17.4 Å². The molecular formula is C26H27N3O3S. The van der Waals surface area contributed by atoms with E-state index in [0.29, 0.717) is 0 Å². The smallest absolute Gasteiger partial charge is 0.349 e. The molecule has 3 aromatic rings. The molecule has 0 radical (unpaired) electrons. The summed E-state index contributed by atoms with van der Waals surface area (Å²) in [6.07, 6.45) is 2.50. The number of ether oxygens (including phenoxy) is 1. The molecule has 2 aromatic heterocycles. The maximum Gasteiger partial charge on any atom is 0.349 e. The van der Waals surface area contributed by atoms with Crippen molar-refractivity contribution < 1.29 is 14.3 Å². The van der Waals surface area contributed by atoms with Crippen molar-refractivity contribution in [2.45, 2.75) is 39.8 Å². The fourth-order valence-electron chi connectivity index (χ4n) is 3.67. The maximum absolute atomic E-state index is 12.6. The molecule has 0 saturated carbocycles. The Morgan fingerprint density at radius 2 is 1.97 bits per heavy atom. The molecule has 170 valence electrons. The highest BCUT2D eigenvalue weighted by atomic mass is 32.1. The summed E-state index contributed by atoms with van der Waals surface area (Å²) >= 11 is 1.53. The van der Waals surface area contributed by atoms with E-state index in [0.717, 1.165) is 40.4 Å². The number of rotatable bonds is 9. The summed E-state index contributed by atoms with van der Waals surface area (Å²) in [6, 6.07) is 16.9.